The van der Waals surface area contributed by atoms with Gasteiger partial charge < -0.3 is 20.5 Å². The number of hydrogen-bond acceptors (Lipinski definition) is 7. The number of hydrogen-bond donors (Lipinski definition) is 2. The summed E-state index contributed by atoms with van der Waals surface area (Å²) in [7, 11) is 0. The fourth-order valence-corrected chi connectivity index (χ4v) is 5.17. The summed E-state index contributed by atoms with van der Waals surface area (Å²) in [5.41, 5.74) is 8.66. The first kappa shape index (κ1) is 29.6. The van der Waals surface area contributed by atoms with Crippen molar-refractivity contribution in [3.8, 4) is 28.9 Å². The van der Waals surface area contributed by atoms with Crippen molar-refractivity contribution in [1.29, 1.82) is 0 Å². The largest absolute Gasteiger partial charge is 0.382 e. The molecule has 11 heteroatoms. The zero-order valence-electron chi connectivity index (χ0n) is 21.8. The highest BCUT2D eigenvalue weighted by Crippen LogP contribution is 2.31. The van der Waals surface area contributed by atoms with Crippen LogP contribution in [0.4, 0.5) is 15.9 Å². The van der Waals surface area contributed by atoms with Crippen LogP contribution >= 0.6 is 24.8 Å². The van der Waals surface area contributed by atoms with Crippen molar-refractivity contribution < 1.29 is 14.2 Å². The molecule has 3 N–H and O–H groups in total. The number of nitrogen functional groups attached to an aromatic ring is 1. The number of ether oxygens (including phenoxy) is 1. The Morgan fingerprint density at radius 1 is 0.925 bits per heavy atom. The van der Waals surface area contributed by atoms with E-state index < -0.39 is 5.60 Å². The number of aliphatic hydroxyl groups is 1. The number of fused-ring (bicyclic) bond motifs is 1. The summed E-state index contributed by atoms with van der Waals surface area (Å²) < 4.78 is 21.5. The second kappa shape index (κ2) is 12.4. The Kier molecular flexibility index (Phi) is 9.16. The molecule has 2 aromatic heterocycles. The molecule has 0 bridgehead atoms. The Balaban J connectivity index is 0.00000185. The highest BCUT2D eigenvalue weighted by molar-refractivity contribution is 5.88. The summed E-state index contributed by atoms with van der Waals surface area (Å²) in [6.45, 7) is 3.07. The van der Waals surface area contributed by atoms with Gasteiger partial charge in [0.1, 0.15) is 17.2 Å². The first-order valence-corrected chi connectivity index (χ1v) is 13.0. The van der Waals surface area contributed by atoms with Crippen LogP contribution in [0.25, 0.3) is 28.2 Å². The number of anilines is 2. The van der Waals surface area contributed by atoms with Crippen LogP contribution in [0.2, 0.25) is 0 Å². The molecule has 0 radical (unpaired) electrons. The molecule has 40 heavy (non-hydrogen) atoms. The van der Waals surface area contributed by atoms with Crippen LogP contribution < -0.4 is 10.6 Å². The number of nitrogens with two attached hydrogens (primary N) is 1. The van der Waals surface area contributed by atoms with E-state index in [0.29, 0.717) is 48.6 Å². The first-order chi connectivity index (χ1) is 18.5. The number of nitrogens with zero attached hydrogens (tertiary/aromatic N) is 5. The highest BCUT2D eigenvalue weighted by atomic mass is 35.5. The van der Waals surface area contributed by atoms with Gasteiger partial charge in [-0.1, -0.05) is 24.5 Å². The molecule has 0 unspecified atom stereocenters. The molecule has 2 aromatic carbocycles. The third-order valence-electron chi connectivity index (χ3n) is 7.19. The van der Waals surface area contributed by atoms with E-state index in [9.17, 15) is 9.50 Å². The van der Waals surface area contributed by atoms with Gasteiger partial charge in [0.15, 0.2) is 17.0 Å². The smallest absolute Gasteiger partial charge is 0.209 e. The Morgan fingerprint density at radius 2 is 1.62 bits per heavy atom. The van der Waals surface area contributed by atoms with Crippen molar-refractivity contribution in [2.45, 2.75) is 37.7 Å². The van der Waals surface area contributed by atoms with Gasteiger partial charge in [-0.2, -0.15) is 0 Å². The van der Waals surface area contributed by atoms with Gasteiger partial charge >= 0.3 is 0 Å². The number of halogens is 3. The van der Waals surface area contributed by atoms with E-state index in [-0.39, 0.29) is 42.3 Å². The van der Waals surface area contributed by atoms with Crippen LogP contribution in [0.1, 0.15) is 37.9 Å². The van der Waals surface area contributed by atoms with Gasteiger partial charge in [0.2, 0.25) is 5.82 Å². The molecule has 8 nitrogen and oxygen atoms in total. The number of aromatic nitrogens is 4. The molecule has 1 saturated heterocycles. The van der Waals surface area contributed by atoms with E-state index in [1.807, 2.05) is 28.8 Å². The summed E-state index contributed by atoms with van der Waals surface area (Å²) >= 11 is 0. The lowest BCUT2D eigenvalue weighted by Gasteiger charge is -2.29. The second-order valence-electron chi connectivity index (χ2n) is 9.84. The van der Waals surface area contributed by atoms with Gasteiger partial charge in [-0.25, -0.2) is 19.3 Å². The van der Waals surface area contributed by atoms with Crippen LogP contribution in [0.15, 0.2) is 48.5 Å². The van der Waals surface area contributed by atoms with Gasteiger partial charge in [-0.3, -0.25) is 4.57 Å². The molecule has 1 aliphatic heterocycles. The molecule has 2 aliphatic rings. The maximum atomic E-state index is 14.2. The van der Waals surface area contributed by atoms with Crippen molar-refractivity contribution in [1.82, 2.24) is 19.5 Å². The lowest BCUT2D eigenvalue weighted by atomic mass is 9.85. The third kappa shape index (κ3) is 6.01. The summed E-state index contributed by atoms with van der Waals surface area (Å²) in [5.74, 6) is 6.46. The fourth-order valence-electron chi connectivity index (χ4n) is 5.17. The normalized spacial score (nSPS) is 16.4. The minimum atomic E-state index is -1.03. The molecule has 6 rings (SSSR count). The molecule has 2 fully saturated rings. The Bertz CT molecular complexity index is 1540. The summed E-state index contributed by atoms with van der Waals surface area (Å²) in [6.07, 6.45) is 4.25. The topological polar surface area (TPSA) is 102 Å². The van der Waals surface area contributed by atoms with E-state index in [2.05, 4.69) is 21.7 Å². The minimum Gasteiger partial charge on any atom is -0.382 e. The van der Waals surface area contributed by atoms with E-state index in [4.69, 9.17) is 20.4 Å². The fraction of sp³-hybridized carbons (Fsp3) is 0.345. The van der Waals surface area contributed by atoms with Crippen LogP contribution in [-0.4, -0.2) is 56.5 Å². The lowest BCUT2D eigenvalue weighted by Crippen LogP contribution is -2.36. The molecule has 0 spiro atoms. The van der Waals surface area contributed by atoms with E-state index in [1.165, 1.54) is 12.1 Å². The van der Waals surface area contributed by atoms with Gasteiger partial charge in [0, 0.05) is 30.0 Å². The maximum Gasteiger partial charge on any atom is 0.209 e. The summed E-state index contributed by atoms with van der Waals surface area (Å²) in [6, 6.07) is 14.3. The predicted molar refractivity (Wildman–Crippen MR) is 159 cm³/mol. The molecule has 1 saturated carbocycles. The number of rotatable bonds is 3. The lowest BCUT2D eigenvalue weighted by molar-refractivity contribution is 0.0610. The molecule has 0 atom stereocenters. The van der Waals surface area contributed by atoms with E-state index >= 15 is 0 Å². The minimum absolute atomic E-state index is 0. The first-order valence-electron chi connectivity index (χ1n) is 13.0. The quantitative estimate of drug-likeness (QED) is 0.329. The standard InChI is InChI=1S/C29H29FN6O2.2ClH/c30-21-6-4-5-20(19-21)27-34-25-26(31)32-24(11-14-29(37)12-2-1-3-13-29)33-28(25)36(27)23-9-7-22(8-10-23)35-15-17-38-18-16-35;;/h4-10,19,37H,1-3,12-13,15-18H2,(H2,31,32,33);2*1H. The van der Waals surface area contributed by atoms with Gasteiger partial charge in [0.05, 0.1) is 13.2 Å². The van der Waals surface area contributed by atoms with Crippen molar-refractivity contribution in [2.75, 3.05) is 36.9 Å². The van der Waals surface area contributed by atoms with Gasteiger partial charge in [-0.05, 0) is 68.0 Å². The molecule has 4 aromatic rings. The molecule has 0 amide bonds. The second-order valence-corrected chi connectivity index (χ2v) is 9.84. The monoisotopic (exact) mass is 584 g/mol. The van der Waals surface area contributed by atoms with E-state index in [0.717, 1.165) is 43.7 Å². The van der Waals surface area contributed by atoms with Gasteiger partial charge in [0.25, 0.3) is 0 Å². The third-order valence-corrected chi connectivity index (χ3v) is 7.19. The van der Waals surface area contributed by atoms with E-state index in [1.54, 1.807) is 12.1 Å². The molecular formula is C29H31Cl2FN6O2. The molecular weight excluding hydrogens is 554 g/mol. The number of morpholine rings is 1. The number of benzene rings is 2. The van der Waals surface area contributed by atoms with Crippen LogP contribution in [0.3, 0.4) is 0 Å². The van der Waals surface area contributed by atoms with Crippen LogP contribution in [0, 0.1) is 17.7 Å². The molecule has 1 aliphatic carbocycles. The zero-order chi connectivity index (χ0) is 26.1. The average molecular weight is 586 g/mol. The Labute approximate surface area is 244 Å². The van der Waals surface area contributed by atoms with Crippen molar-refractivity contribution in [3.63, 3.8) is 0 Å². The predicted octanol–water partition coefficient (Wildman–Crippen LogP) is 4.93. The summed E-state index contributed by atoms with van der Waals surface area (Å²) in [4.78, 5) is 16.1. The number of imidazole rings is 1. The average Bonchev–Trinajstić information content (AvgIpc) is 3.33. The van der Waals surface area contributed by atoms with Crippen LogP contribution in [-0.2, 0) is 4.74 Å². The van der Waals surface area contributed by atoms with Crippen molar-refractivity contribution in [2.24, 2.45) is 0 Å². The Morgan fingerprint density at radius 3 is 2.33 bits per heavy atom. The van der Waals surface area contributed by atoms with Crippen molar-refractivity contribution in [3.05, 3.63) is 60.2 Å². The van der Waals surface area contributed by atoms with Crippen molar-refractivity contribution >= 4 is 47.5 Å². The zero-order valence-corrected chi connectivity index (χ0v) is 23.5. The van der Waals surface area contributed by atoms with Crippen LogP contribution in [0.5, 0.6) is 0 Å². The Hall–Kier alpha value is -3.42. The maximum absolute atomic E-state index is 14.2. The SMILES string of the molecule is Cl.Cl.Nc1nc(C#CC2(O)CCCCC2)nc2c1nc(-c1cccc(F)c1)n2-c1ccc(N2CCOCC2)cc1. The van der Waals surface area contributed by atoms with Gasteiger partial charge in [-0.15, -0.1) is 24.8 Å². The molecule has 3 heterocycles. The molecule has 210 valence electrons. The summed E-state index contributed by atoms with van der Waals surface area (Å²) in [5, 5.41) is 10.8. The highest BCUT2D eigenvalue weighted by Gasteiger charge is 2.27.